The lowest BCUT2D eigenvalue weighted by atomic mass is 10.3. The number of anilines is 1. The SMILES string of the molecule is Clc1ccc2nc(N3CCN(Cc4ccccn4)CC3)sc2c1. The summed E-state index contributed by atoms with van der Waals surface area (Å²) in [7, 11) is 0. The molecule has 1 aliphatic rings. The molecule has 23 heavy (non-hydrogen) atoms. The quantitative estimate of drug-likeness (QED) is 0.725. The van der Waals surface area contributed by atoms with Crippen LogP contribution in [0.3, 0.4) is 0 Å². The van der Waals surface area contributed by atoms with Gasteiger partial charge in [-0.1, -0.05) is 29.0 Å². The molecule has 4 rings (SSSR count). The zero-order chi connectivity index (χ0) is 15.6. The van der Waals surface area contributed by atoms with E-state index in [1.807, 2.05) is 36.5 Å². The number of halogens is 1. The third-order valence-electron chi connectivity index (χ3n) is 4.09. The number of piperazine rings is 1. The Morgan fingerprint density at radius 3 is 2.74 bits per heavy atom. The fourth-order valence-electron chi connectivity index (χ4n) is 2.84. The maximum absolute atomic E-state index is 6.06. The second-order valence-corrected chi connectivity index (χ2v) is 7.14. The molecule has 0 atom stereocenters. The first kappa shape index (κ1) is 14.9. The van der Waals surface area contributed by atoms with Crippen molar-refractivity contribution in [2.75, 3.05) is 31.1 Å². The van der Waals surface area contributed by atoms with Gasteiger partial charge in [0.25, 0.3) is 0 Å². The fourth-order valence-corrected chi connectivity index (χ4v) is 4.13. The van der Waals surface area contributed by atoms with E-state index in [2.05, 4.69) is 20.9 Å². The summed E-state index contributed by atoms with van der Waals surface area (Å²) in [5.41, 5.74) is 2.17. The van der Waals surface area contributed by atoms with Gasteiger partial charge in [0.05, 0.1) is 15.9 Å². The molecule has 0 N–H and O–H groups in total. The van der Waals surface area contributed by atoms with E-state index < -0.39 is 0 Å². The third kappa shape index (κ3) is 3.32. The van der Waals surface area contributed by atoms with Gasteiger partial charge in [0.2, 0.25) is 0 Å². The van der Waals surface area contributed by atoms with Gasteiger partial charge in [0.1, 0.15) is 0 Å². The topological polar surface area (TPSA) is 32.3 Å². The van der Waals surface area contributed by atoms with Gasteiger partial charge in [-0.2, -0.15) is 0 Å². The first-order valence-electron chi connectivity index (χ1n) is 7.71. The number of benzene rings is 1. The van der Waals surface area contributed by atoms with Gasteiger partial charge in [-0.3, -0.25) is 9.88 Å². The molecule has 3 aromatic rings. The van der Waals surface area contributed by atoms with E-state index in [-0.39, 0.29) is 0 Å². The fraction of sp³-hybridized carbons (Fsp3) is 0.294. The lowest BCUT2D eigenvalue weighted by molar-refractivity contribution is 0.247. The highest BCUT2D eigenvalue weighted by molar-refractivity contribution is 7.22. The van der Waals surface area contributed by atoms with Gasteiger partial charge in [-0.15, -0.1) is 0 Å². The van der Waals surface area contributed by atoms with Crippen LogP contribution in [0.4, 0.5) is 5.13 Å². The highest BCUT2D eigenvalue weighted by atomic mass is 35.5. The Hall–Kier alpha value is -1.69. The van der Waals surface area contributed by atoms with Crippen LogP contribution in [0.5, 0.6) is 0 Å². The monoisotopic (exact) mass is 344 g/mol. The Bertz CT molecular complexity index is 797. The maximum atomic E-state index is 6.06. The van der Waals surface area contributed by atoms with Crippen LogP contribution >= 0.6 is 22.9 Å². The molecule has 0 radical (unpaired) electrons. The smallest absolute Gasteiger partial charge is 0.186 e. The first-order valence-corrected chi connectivity index (χ1v) is 8.91. The van der Waals surface area contributed by atoms with Crippen LogP contribution in [0, 0.1) is 0 Å². The van der Waals surface area contributed by atoms with E-state index in [9.17, 15) is 0 Å². The lowest BCUT2D eigenvalue weighted by Crippen LogP contribution is -2.46. The van der Waals surface area contributed by atoms with E-state index in [1.54, 1.807) is 11.3 Å². The average Bonchev–Trinajstić information content (AvgIpc) is 2.99. The zero-order valence-corrected chi connectivity index (χ0v) is 14.2. The third-order valence-corrected chi connectivity index (χ3v) is 5.41. The van der Waals surface area contributed by atoms with Crippen LogP contribution in [-0.2, 0) is 6.54 Å². The van der Waals surface area contributed by atoms with Crippen LogP contribution in [0.25, 0.3) is 10.2 Å². The Morgan fingerprint density at radius 2 is 1.96 bits per heavy atom. The van der Waals surface area contributed by atoms with Gasteiger partial charge >= 0.3 is 0 Å². The van der Waals surface area contributed by atoms with Gasteiger partial charge in [0.15, 0.2) is 5.13 Å². The molecule has 0 unspecified atom stereocenters. The number of thiazole rings is 1. The largest absolute Gasteiger partial charge is 0.345 e. The van der Waals surface area contributed by atoms with Crippen LogP contribution in [-0.4, -0.2) is 41.0 Å². The van der Waals surface area contributed by atoms with E-state index in [0.29, 0.717) is 0 Å². The van der Waals surface area contributed by atoms with Crippen molar-refractivity contribution in [3.05, 3.63) is 53.3 Å². The minimum atomic E-state index is 0.771. The molecule has 6 heteroatoms. The zero-order valence-electron chi connectivity index (χ0n) is 12.7. The molecule has 0 saturated carbocycles. The molecule has 1 saturated heterocycles. The second-order valence-electron chi connectivity index (χ2n) is 5.69. The predicted molar refractivity (Wildman–Crippen MR) is 96.4 cm³/mol. The standard InChI is InChI=1S/C17H17ClN4S/c18-13-4-5-15-16(11-13)23-17(20-15)22-9-7-21(8-10-22)12-14-3-1-2-6-19-14/h1-6,11H,7-10,12H2. The molecule has 0 amide bonds. The van der Waals surface area contributed by atoms with Gasteiger partial charge in [-0.05, 0) is 30.3 Å². The van der Waals surface area contributed by atoms with Gasteiger partial charge < -0.3 is 4.90 Å². The molecule has 0 bridgehead atoms. The summed E-state index contributed by atoms with van der Waals surface area (Å²) < 4.78 is 1.16. The number of nitrogens with zero attached hydrogens (tertiary/aromatic N) is 4. The normalized spacial score (nSPS) is 16.1. The van der Waals surface area contributed by atoms with Crippen molar-refractivity contribution in [1.29, 1.82) is 0 Å². The number of pyridine rings is 1. The first-order chi connectivity index (χ1) is 11.3. The summed E-state index contributed by atoms with van der Waals surface area (Å²) >= 11 is 7.79. The summed E-state index contributed by atoms with van der Waals surface area (Å²) in [6.45, 7) is 4.99. The number of aromatic nitrogens is 2. The highest BCUT2D eigenvalue weighted by Gasteiger charge is 2.20. The Labute approximate surface area is 144 Å². The molecule has 118 valence electrons. The molecular formula is C17H17ClN4S. The molecule has 4 nitrogen and oxygen atoms in total. The van der Waals surface area contributed by atoms with Crippen LogP contribution in [0.1, 0.15) is 5.69 Å². The van der Waals surface area contributed by atoms with Gasteiger partial charge in [-0.25, -0.2) is 4.98 Å². The van der Waals surface area contributed by atoms with Crippen molar-refractivity contribution < 1.29 is 0 Å². The predicted octanol–water partition coefficient (Wildman–Crippen LogP) is 3.67. The highest BCUT2D eigenvalue weighted by Crippen LogP contribution is 2.31. The van der Waals surface area contributed by atoms with Crippen molar-refractivity contribution >= 4 is 38.3 Å². The summed E-state index contributed by atoms with van der Waals surface area (Å²) in [6.07, 6.45) is 1.86. The molecule has 1 aromatic carbocycles. The summed E-state index contributed by atoms with van der Waals surface area (Å²) in [6, 6.07) is 12.0. The molecule has 1 aliphatic heterocycles. The Balaban J connectivity index is 1.42. The summed E-state index contributed by atoms with van der Waals surface area (Å²) in [5.74, 6) is 0. The average molecular weight is 345 g/mol. The Kier molecular flexibility index (Phi) is 4.16. The molecule has 2 aromatic heterocycles. The van der Waals surface area contributed by atoms with Crippen molar-refractivity contribution in [2.24, 2.45) is 0 Å². The second kappa shape index (κ2) is 6.43. The number of hydrogen-bond donors (Lipinski definition) is 0. The molecule has 3 heterocycles. The molecule has 0 aliphatic carbocycles. The maximum Gasteiger partial charge on any atom is 0.186 e. The number of fused-ring (bicyclic) bond motifs is 1. The van der Waals surface area contributed by atoms with Gasteiger partial charge in [0, 0.05) is 43.9 Å². The van der Waals surface area contributed by atoms with Crippen molar-refractivity contribution in [3.63, 3.8) is 0 Å². The van der Waals surface area contributed by atoms with E-state index in [4.69, 9.17) is 16.6 Å². The Morgan fingerprint density at radius 1 is 1.09 bits per heavy atom. The van der Waals surface area contributed by atoms with E-state index in [1.165, 1.54) is 0 Å². The molecule has 0 spiro atoms. The van der Waals surface area contributed by atoms with Crippen LogP contribution in [0.2, 0.25) is 5.02 Å². The van der Waals surface area contributed by atoms with Crippen LogP contribution in [0.15, 0.2) is 42.6 Å². The minimum Gasteiger partial charge on any atom is -0.345 e. The molecular weight excluding hydrogens is 328 g/mol. The minimum absolute atomic E-state index is 0.771. The summed E-state index contributed by atoms with van der Waals surface area (Å²) in [4.78, 5) is 14.0. The van der Waals surface area contributed by atoms with Crippen LogP contribution < -0.4 is 4.90 Å². The number of hydrogen-bond acceptors (Lipinski definition) is 5. The van der Waals surface area contributed by atoms with E-state index in [0.717, 1.165) is 58.8 Å². The van der Waals surface area contributed by atoms with Crippen molar-refractivity contribution in [1.82, 2.24) is 14.9 Å². The molecule has 1 fully saturated rings. The van der Waals surface area contributed by atoms with Crippen molar-refractivity contribution in [3.8, 4) is 0 Å². The summed E-state index contributed by atoms with van der Waals surface area (Å²) in [5, 5.41) is 1.87. The van der Waals surface area contributed by atoms with E-state index >= 15 is 0 Å². The number of rotatable bonds is 3. The lowest BCUT2D eigenvalue weighted by Gasteiger charge is -2.34. The van der Waals surface area contributed by atoms with Crippen molar-refractivity contribution in [2.45, 2.75) is 6.54 Å².